The van der Waals surface area contributed by atoms with Crippen LogP contribution < -0.4 is 25.6 Å². The highest BCUT2D eigenvalue weighted by Crippen LogP contribution is 2.33. The number of likely N-dealkylation sites (N-methyl/N-ethyl adjacent to an activating group) is 1. The molecule has 0 radical (unpaired) electrons. The van der Waals surface area contributed by atoms with Crippen molar-refractivity contribution in [3.05, 3.63) is 24.7 Å². The first-order chi connectivity index (χ1) is 18.6. The quantitative estimate of drug-likeness (QED) is 0.449. The standard InChI is InChI=1S/C24H33F2N9O4/c1-4-38-19-13-28-18(12-29-19)32-21(36)34(3)16-14-35(11-8-24(16,25)26)20-27-10-6-17(31-20)33-22(37)39-15-23(2)7-5-9-30-23/h6,10,12-13,16,30H,4-5,7-9,11,14-15H2,1-3H3,(H,28,32,36)(H,27,31,33,37)/t16-,23+/m0/s1. The first kappa shape index (κ1) is 28.1. The number of urea groups is 1. The number of ether oxygens (including phenoxy) is 2. The van der Waals surface area contributed by atoms with Crippen LogP contribution in [0.15, 0.2) is 24.7 Å². The summed E-state index contributed by atoms with van der Waals surface area (Å²) in [5.74, 6) is -2.47. The second-order valence-corrected chi connectivity index (χ2v) is 9.72. The van der Waals surface area contributed by atoms with Crippen molar-refractivity contribution < 1.29 is 27.8 Å². The molecule has 15 heteroatoms. The van der Waals surface area contributed by atoms with Crippen LogP contribution in [-0.2, 0) is 4.74 Å². The number of amides is 3. The summed E-state index contributed by atoms with van der Waals surface area (Å²) >= 11 is 0. The molecule has 0 spiro atoms. The molecule has 4 heterocycles. The van der Waals surface area contributed by atoms with E-state index in [0.717, 1.165) is 24.3 Å². The van der Waals surface area contributed by atoms with Crippen molar-refractivity contribution in [2.45, 2.75) is 50.6 Å². The lowest BCUT2D eigenvalue weighted by Gasteiger charge is -2.42. The van der Waals surface area contributed by atoms with Crippen LogP contribution in [0.25, 0.3) is 0 Å². The number of rotatable bonds is 8. The Bertz CT molecular complexity index is 1150. The van der Waals surface area contributed by atoms with Crippen molar-refractivity contribution in [1.82, 2.24) is 30.2 Å². The molecule has 2 saturated heterocycles. The van der Waals surface area contributed by atoms with E-state index in [1.165, 1.54) is 31.7 Å². The van der Waals surface area contributed by atoms with Crippen LogP contribution in [0.5, 0.6) is 5.88 Å². The number of nitrogens with one attached hydrogen (secondary N) is 3. The first-order valence-corrected chi connectivity index (χ1v) is 12.7. The minimum Gasteiger partial charge on any atom is -0.477 e. The monoisotopic (exact) mass is 549 g/mol. The van der Waals surface area contributed by atoms with Gasteiger partial charge in [0.05, 0.1) is 19.0 Å². The number of halogens is 2. The smallest absolute Gasteiger partial charge is 0.412 e. The second kappa shape index (κ2) is 11.9. The second-order valence-electron chi connectivity index (χ2n) is 9.72. The lowest BCUT2D eigenvalue weighted by atomic mass is 10.00. The van der Waals surface area contributed by atoms with Gasteiger partial charge in [-0.1, -0.05) is 0 Å². The first-order valence-electron chi connectivity index (χ1n) is 12.7. The summed E-state index contributed by atoms with van der Waals surface area (Å²) < 4.78 is 40.4. The highest BCUT2D eigenvalue weighted by Gasteiger charge is 2.48. The van der Waals surface area contributed by atoms with Crippen LogP contribution >= 0.6 is 0 Å². The molecular formula is C24H33F2N9O4. The fourth-order valence-electron chi connectivity index (χ4n) is 4.43. The van der Waals surface area contributed by atoms with Gasteiger partial charge in [0.15, 0.2) is 5.82 Å². The van der Waals surface area contributed by atoms with E-state index in [9.17, 15) is 18.4 Å². The number of hydrogen-bond acceptors (Lipinski definition) is 10. The Hall–Kier alpha value is -3.88. The zero-order valence-electron chi connectivity index (χ0n) is 22.1. The Morgan fingerprint density at radius 2 is 2.03 bits per heavy atom. The van der Waals surface area contributed by atoms with Crippen LogP contribution in [0, 0.1) is 0 Å². The largest absolute Gasteiger partial charge is 0.477 e. The van der Waals surface area contributed by atoms with Crippen molar-refractivity contribution in [1.29, 1.82) is 0 Å². The van der Waals surface area contributed by atoms with Gasteiger partial charge in [-0.15, -0.1) is 0 Å². The summed E-state index contributed by atoms with van der Waals surface area (Å²) in [7, 11) is 1.29. The molecule has 0 aliphatic carbocycles. The molecule has 2 fully saturated rings. The van der Waals surface area contributed by atoms with Gasteiger partial charge in [-0.05, 0) is 39.3 Å². The van der Waals surface area contributed by atoms with E-state index >= 15 is 0 Å². The fourth-order valence-corrected chi connectivity index (χ4v) is 4.43. The molecule has 2 aromatic rings. The summed E-state index contributed by atoms with van der Waals surface area (Å²) in [4.78, 5) is 44.1. The van der Waals surface area contributed by atoms with Crippen LogP contribution in [0.2, 0.25) is 0 Å². The summed E-state index contributed by atoms with van der Waals surface area (Å²) in [6.45, 7) is 4.99. The Morgan fingerprint density at radius 3 is 2.72 bits per heavy atom. The van der Waals surface area contributed by atoms with E-state index in [1.54, 1.807) is 11.8 Å². The van der Waals surface area contributed by atoms with E-state index in [-0.39, 0.29) is 48.7 Å². The molecule has 39 heavy (non-hydrogen) atoms. The van der Waals surface area contributed by atoms with E-state index in [0.29, 0.717) is 6.61 Å². The molecule has 3 amide bonds. The zero-order chi connectivity index (χ0) is 28.0. The van der Waals surface area contributed by atoms with Crippen molar-refractivity contribution in [2.24, 2.45) is 0 Å². The molecule has 0 saturated carbocycles. The maximum absolute atomic E-state index is 14.9. The Kier molecular flexibility index (Phi) is 8.57. The van der Waals surface area contributed by atoms with E-state index in [1.807, 2.05) is 6.92 Å². The third-order valence-corrected chi connectivity index (χ3v) is 6.67. The average Bonchev–Trinajstić information content (AvgIpc) is 3.35. The molecule has 3 N–H and O–H groups in total. The van der Waals surface area contributed by atoms with Gasteiger partial charge in [0.2, 0.25) is 11.8 Å². The average molecular weight is 550 g/mol. The Balaban J connectivity index is 1.37. The number of alkyl halides is 2. The third-order valence-electron chi connectivity index (χ3n) is 6.67. The molecule has 2 atom stereocenters. The number of hydrogen-bond donors (Lipinski definition) is 3. The van der Waals surface area contributed by atoms with Crippen LogP contribution in [-0.4, -0.2) is 94.4 Å². The normalized spacial score (nSPS) is 22.2. The molecule has 0 unspecified atom stereocenters. The van der Waals surface area contributed by atoms with Gasteiger partial charge < -0.3 is 24.6 Å². The predicted molar refractivity (Wildman–Crippen MR) is 138 cm³/mol. The predicted octanol–water partition coefficient (Wildman–Crippen LogP) is 2.73. The van der Waals surface area contributed by atoms with Gasteiger partial charge in [-0.25, -0.2) is 33.3 Å². The molecule has 4 rings (SSSR count). The summed E-state index contributed by atoms with van der Waals surface area (Å²) in [6, 6.07) is -0.774. The minimum atomic E-state index is -3.16. The summed E-state index contributed by atoms with van der Waals surface area (Å²) in [5.41, 5.74) is -0.264. The van der Waals surface area contributed by atoms with Gasteiger partial charge in [-0.3, -0.25) is 10.6 Å². The van der Waals surface area contributed by atoms with E-state index < -0.39 is 30.5 Å². The number of nitrogens with zero attached hydrogens (tertiary/aromatic N) is 6. The summed E-state index contributed by atoms with van der Waals surface area (Å²) in [6.07, 6.45) is 4.75. The molecule has 0 aromatic carbocycles. The number of carbonyl (C=O) groups excluding carboxylic acids is 2. The molecule has 13 nitrogen and oxygen atoms in total. The van der Waals surface area contributed by atoms with Crippen molar-refractivity contribution in [3.8, 4) is 5.88 Å². The van der Waals surface area contributed by atoms with Gasteiger partial charge in [0, 0.05) is 38.3 Å². The molecule has 0 bridgehead atoms. The van der Waals surface area contributed by atoms with Gasteiger partial charge in [-0.2, -0.15) is 4.98 Å². The Labute approximate surface area is 224 Å². The molecular weight excluding hydrogens is 516 g/mol. The fraction of sp³-hybridized carbons (Fsp3) is 0.583. The topological polar surface area (TPSA) is 147 Å². The molecule has 2 aromatic heterocycles. The highest BCUT2D eigenvalue weighted by molar-refractivity contribution is 5.88. The lowest BCUT2D eigenvalue weighted by molar-refractivity contribution is -0.0760. The number of anilines is 3. The SMILES string of the molecule is CCOc1cnc(NC(=O)N(C)[C@H]2CN(c3nccc(NC(=O)OC[C@@]4(C)CCCN4)n3)CCC2(F)F)cn1. The van der Waals surface area contributed by atoms with Crippen molar-refractivity contribution in [2.75, 3.05) is 55.4 Å². The molecule has 2 aliphatic heterocycles. The highest BCUT2D eigenvalue weighted by atomic mass is 19.3. The van der Waals surface area contributed by atoms with Crippen LogP contribution in [0.1, 0.15) is 33.1 Å². The van der Waals surface area contributed by atoms with Crippen molar-refractivity contribution >= 4 is 29.7 Å². The minimum absolute atomic E-state index is 0.0404. The number of carbonyl (C=O) groups is 2. The summed E-state index contributed by atoms with van der Waals surface area (Å²) in [5, 5.41) is 8.34. The molecule has 2 aliphatic rings. The maximum atomic E-state index is 14.9. The van der Waals surface area contributed by atoms with Crippen LogP contribution in [0.4, 0.5) is 36.0 Å². The lowest BCUT2D eigenvalue weighted by Crippen LogP contribution is -2.60. The third kappa shape index (κ3) is 7.16. The van der Waals surface area contributed by atoms with E-state index in [2.05, 4.69) is 35.9 Å². The Morgan fingerprint density at radius 1 is 1.21 bits per heavy atom. The number of piperidine rings is 1. The maximum Gasteiger partial charge on any atom is 0.412 e. The zero-order valence-corrected chi connectivity index (χ0v) is 22.1. The number of aromatic nitrogens is 4. The van der Waals surface area contributed by atoms with Gasteiger partial charge in [0.25, 0.3) is 5.92 Å². The van der Waals surface area contributed by atoms with E-state index in [4.69, 9.17) is 9.47 Å². The van der Waals surface area contributed by atoms with Gasteiger partial charge in [0.1, 0.15) is 18.5 Å². The van der Waals surface area contributed by atoms with Crippen LogP contribution in [0.3, 0.4) is 0 Å². The van der Waals surface area contributed by atoms with Crippen molar-refractivity contribution in [3.63, 3.8) is 0 Å². The van der Waals surface area contributed by atoms with Gasteiger partial charge >= 0.3 is 12.1 Å². The molecule has 212 valence electrons.